The molecule has 0 aromatic heterocycles. The van der Waals surface area contributed by atoms with E-state index in [-0.39, 0.29) is 0 Å². The highest BCUT2D eigenvalue weighted by molar-refractivity contribution is 5.83. The molecule has 6 heteroatoms. The minimum atomic E-state index is -3.66. The number of ether oxygens (including phenoxy) is 2. The van der Waals surface area contributed by atoms with Crippen LogP contribution < -0.4 is 10.5 Å². The molecule has 0 aliphatic carbocycles. The first-order chi connectivity index (χ1) is 7.98. The van der Waals surface area contributed by atoms with Crippen molar-refractivity contribution < 1.29 is 23.0 Å². The van der Waals surface area contributed by atoms with Gasteiger partial charge in [0.05, 0.1) is 6.61 Å². The molecule has 0 heterocycles. The Morgan fingerprint density at radius 1 is 1.29 bits per heavy atom. The Morgan fingerprint density at radius 2 is 1.88 bits per heavy atom. The number of rotatable bonds is 6. The third-order valence-corrected chi connectivity index (χ3v) is 2.08. The lowest BCUT2D eigenvalue weighted by molar-refractivity contribution is -0.143. The van der Waals surface area contributed by atoms with Crippen LogP contribution in [-0.4, -0.2) is 26.2 Å². The molecule has 0 aliphatic heterocycles. The van der Waals surface area contributed by atoms with E-state index in [2.05, 4.69) is 5.73 Å². The van der Waals surface area contributed by atoms with Crippen molar-refractivity contribution in [3.63, 3.8) is 0 Å². The molecule has 1 aromatic rings. The standard InChI is InChI=1S/C11H13F2NO3/c1-16-6-7-17-9-4-2-8(3-5-9)11(12,13)10(14)15/h2-5H,6-7H2,1H3,(H2,14,15). The first-order valence-electron chi connectivity index (χ1n) is 4.88. The number of benzene rings is 1. The molecule has 0 radical (unpaired) electrons. The summed E-state index contributed by atoms with van der Waals surface area (Å²) in [6.45, 7) is 0.723. The number of carbonyl (C=O) groups excluding carboxylic acids is 1. The highest BCUT2D eigenvalue weighted by Gasteiger charge is 2.38. The van der Waals surface area contributed by atoms with E-state index in [1.54, 1.807) is 0 Å². The van der Waals surface area contributed by atoms with Gasteiger partial charge in [-0.15, -0.1) is 0 Å². The molecule has 0 saturated carbocycles. The minimum absolute atomic E-state index is 0.321. The molecule has 0 unspecified atom stereocenters. The number of hydrogen-bond acceptors (Lipinski definition) is 3. The predicted octanol–water partition coefficient (Wildman–Crippen LogP) is 1.29. The van der Waals surface area contributed by atoms with Gasteiger partial charge in [0.1, 0.15) is 12.4 Å². The lowest BCUT2D eigenvalue weighted by atomic mass is 10.1. The zero-order chi connectivity index (χ0) is 12.9. The van der Waals surface area contributed by atoms with Crippen LogP contribution in [0.5, 0.6) is 5.75 Å². The Hall–Kier alpha value is -1.69. The van der Waals surface area contributed by atoms with E-state index >= 15 is 0 Å². The second-order valence-corrected chi connectivity index (χ2v) is 3.30. The van der Waals surface area contributed by atoms with E-state index in [4.69, 9.17) is 9.47 Å². The Labute approximate surface area is 97.3 Å². The van der Waals surface area contributed by atoms with Crippen LogP contribution in [0.1, 0.15) is 5.56 Å². The van der Waals surface area contributed by atoms with Crippen LogP contribution in [-0.2, 0) is 15.5 Å². The number of halogens is 2. The average molecular weight is 245 g/mol. The van der Waals surface area contributed by atoms with Gasteiger partial charge in [0.15, 0.2) is 0 Å². The molecule has 94 valence electrons. The molecule has 0 atom stereocenters. The van der Waals surface area contributed by atoms with Gasteiger partial charge in [0, 0.05) is 12.7 Å². The normalized spacial score (nSPS) is 11.2. The van der Waals surface area contributed by atoms with Crippen LogP contribution in [0, 0.1) is 0 Å². The number of alkyl halides is 2. The van der Waals surface area contributed by atoms with Crippen molar-refractivity contribution in [1.82, 2.24) is 0 Å². The van der Waals surface area contributed by atoms with Crippen LogP contribution in [0.3, 0.4) is 0 Å². The van der Waals surface area contributed by atoms with Crippen LogP contribution in [0.4, 0.5) is 8.78 Å². The van der Waals surface area contributed by atoms with E-state index in [0.717, 1.165) is 12.1 Å². The van der Waals surface area contributed by atoms with Crippen molar-refractivity contribution in [3.05, 3.63) is 29.8 Å². The molecule has 0 spiro atoms. The quantitative estimate of drug-likeness (QED) is 0.768. The summed E-state index contributed by atoms with van der Waals surface area (Å²) in [5.41, 5.74) is 4.15. The Bertz CT molecular complexity index is 379. The summed E-state index contributed by atoms with van der Waals surface area (Å²) in [7, 11) is 1.53. The van der Waals surface area contributed by atoms with Gasteiger partial charge in [0.25, 0.3) is 5.91 Å². The highest BCUT2D eigenvalue weighted by Crippen LogP contribution is 2.28. The zero-order valence-corrected chi connectivity index (χ0v) is 9.28. The first kappa shape index (κ1) is 13.4. The smallest absolute Gasteiger partial charge is 0.349 e. The average Bonchev–Trinajstić information content (AvgIpc) is 2.30. The largest absolute Gasteiger partial charge is 0.491 e. The second-order valence-electron chi connectivity index (χ2n) is 3.30. The van der Waals surface area contributed by atoms with Gasteiger partial charge < -0.3 is 15.2 Å². The summed E-state index contributed by atoms with van der Waals surface area (Å²) in [4.78, 5) is 10.5. The molecule has 2 N–H and O–H groups in total. The fourth-order valence-corrected chi connectivity index (χ4v) is 1.15. The Morgan fingerprint density at radius 3 is 2.35 bits per heavy atom. The van der Waals surface area contributed by atoms with Gasteiger partial charge in [-0.2, -0.15) is 8.78 Å². The molecule has 0 fully saturated rings. The SMILES string of the molecule is COCCOc1ccc(C(F)(F)C(N)=O)cc1. The van der Waals surface area contributed by atoms with Crippen LogP contribution in [0.25, 0.3) is 0 Å². The van der Waals surface area contributed by atoms with Crippen molar-refractivity contribution in [3.8, 4) is 5.75 Å². The summed E-state index contributed by atoms with van der Waals surface area (Å²) < 4.78 is 36.3. The van der Waals surface area contributed by atoms with E-state index in [1.807, 2.05) is 0 Å². The molecular formula is C11H13F2NO3. The monoisotopic (exact) mass is 245 g/mol. The number of nitrogens with two attached hydrogens (primary N) is 1. The summed E-state index contributed by atoms with van der Waals surface area (Å²) >= 11 is 0. The first-order valence-corrected chi connectivity index (χ1v) is 4.88. The van der Waals surface area contributed by atoms with E-state index < -0.39 is 17.4 Å². The lowest BCUT2D eigenvalue weighted by Gasteiger charge is -2.13. The predicted molar refractivity (Wildman–Crippen MR) is 56.9 cm³/mol. The number of methoxy groups -OCH3 is 1. The molecule has 0 aliphatic rings. The molecule has 1 rings (SSSR count). The molecule has 1 amide bonds. The summed E-state index contributed by atoms with van der Waals surface area (Å²) in [5, 5.41) is 0. The van der Waals surface area contributed by atoms with Crippen LogP contribution in [0.2, 0.25) is 0 Å². The van der Waals surface area contributed by atoms with Gasteiger partial charge in [-0.25, -0.2) is 0 Å². The van der Waals surface area contributed by atoms with Crippen molar-refractivity contribution in [2.45, 2.75) is 5.92 Å². The van der Waals surface area contributed by atoms with Crippen molar-refractivity contribution in [1.29, 1.82) is 0 Å². The third-order valence-electron chi connectivity index (χ3n) is 2.08. The van der Waals surface area contributed by atoms with Crippen molar-refractivity contribution >= 4 is 5.91 Å². The molecule has 0 saturated heterocycles. The zero-order valence-electron chi connectivity index (χ0n) is 9.28. The molecule has 17 heavy (non-hydrogen) atoms. The van der Waals surface area contributed by atoms with Crippen LogP contribution >= 0.6 is 0 Å². The second kappa shape index (κ2) is 5.58. The van der Waals surface area contributed by atoms with Gasteiger partial charge in [-0.1, -0.05) is 0 Å². The van der Waals surface area contributed by atoms with E-state index in [1.165, 1.54) is 19.2 Å². The summed E-state index contributed by atoms with van der Waals surface area (Å²) in [5.74, 6) is -4.91. The van der Waals surface area contributed by atoms with E-state index in [0.29, 0.717) is 19.0 Å². The highest BCUT2D eigenvalue weighted by atomic mass is 19.3. The molecule has 1 aromatic carbocycles. The number of primary amides is 1. The lowest BCUT2D eigenvalue weighted by Crippen LogP contribution is -2.32. The summed E-state index contributed by atoms with van der Waals surface area (Å²) in [6, 6.07) is 4.91. The maximum atomic E-state index is 13.2. The van der Waals surface area contributed by atoms with Crippen molar-refractivity contribution in [2.24, 2.45) is 5.73 Å². The number of amides is 1. The van der Waals surface area contributed by atoms with Crippen LogP contribution in [0.15, 0.2) is 24.3 Å². The van der Waals surface area contributed by atoms with Gasteiger partial charge in [-0.05, 0) is 24.3 Å². The fourth-order valence-electron chi connectivity index (χ4n) is 1.15. The molecule has 4 nitrogen and oxygen atoms in total. The maximum absolute atomic E-state index is 13.2. The number of hydrogen-bond donors (Lipinski definition) is 1. The maximum Gasteiger partial charge on any atom is 0.349 e. The number of carbonyl (C=O) groups is 1. The topological polar surface area (TPSA) is 61.6 Å². The summed E-state index contributed by atoms with van der Waals surface area (Å²) in [6.07, 6.45) is 0. The minimum Gasteiger partial charge on any atom is -0.491 e. The van der Waals surface area contributed by atoms with Crippen molar-refractivity contribution in [2.75, 3.05) is 20.3 Å². The molecular weight excluding hydrogens is 232 g/mol. The van der Waals surface area contributed by atoms with Gasteiger partial charge in [-0.3, -0.25) is 4.79 Å². The Kier molecular flexibility index (Phi) is 4.39. The van der Waals surface area contributed by atoms with Gasteiger partial charge in [0.2, 0.25) is 0 Å². The Balaban J connectivity index is 2.71. The van der Waals surface area contributed by atoms with Gasteiger partial charge >= 0.3 is 5.92 Å². The third kappa shape index (κ3) is 3.39. The van der Waals surface area contributed by atoms with E-state index in [9.17, 15) is 13.6 Å². The fraction of sp³-hybridized carbons (Fsp3) is 0.364. The molecule has 0 bridgehead atoms.